The molecule has 0 saturated heterocycles. The molecular weight excluding hydrogens is 981 g/mol. The summed E-state index contributed by atoms with van der Waals surface area (Å²) in [6.07, 6.45) is 8.89. The van der Waals surface area contributed by atoms with Gasteiger partial charge in [0, 0.05) is 32.7 Å². The van der Waals surface area contributed by atoms with Gasteiger partial charge in [0.05, 0.1) is 33.1 Å². The molecule has 0 radical (unpaired) electrons. The molecule has 4 heteroatoms. The van der Waals surface area contributed by atoms with Crippen LogP contribution in [0.3, 0.4) is 0 Å². The zero-order valence-electron chi connectivity index (χ0n) is 45.7. The molecule has 2 aromatic heterocycles. The molecule has 384 valence electrons. The molecule has 0 unspecified atom stereocenters. The summed E-state index contributed by atoms with van der Waals surface area (Å²) in [6.45, 7) is 9.97. The van der Waals surface area contributed by atoms with E-state index in [0.717, 1.165) is 99.5 Å². The summed E-state index contributed by atoms with van der Waals surface area (Å²) >= 11 is 0. The van der Waals surface area contributed by atoms with Gasteiger partial charge < -0.3 is 0 Å². The highest BCUT2D eigenvalue weighted by molar-refractivity contribution is 5.95. The molecule has 15 rings (SSSR count). The van der Waals surface area contributed by atoms with Gasteiger partial charge in [0.1, 0.15) is 6.67 Å². The highest BCUT2D eigenvalue weighted by Crippen LogP contribution is 2.53. The van der Waals surface area contributed by atoms with Gasteiger partial charge in [-0.2, -0.15) is 0 Å². The molecule has 2 aliphatic carbocycles. The molecule has 3 heterocycles. The smallest absolute Gasteiger partial charge is 0.130 e. The summed E-state index contributed by atoms with van der Waals surface area (Å²) in [5, 5.41) is 4.20. The first-order valence-electron chi connectivity index (χ1n) is 28.1. The molecule has 0 atom stereocenters. The summed E-state index contributed by atoms with van der Waals surface area (Å²) in [6, 6.07) is 84.0. The van der Waals surface area contributed by atoms with E-state index in [1.54, 1.807) is 0 Å². The van der Waals surface area contributed by atoms with E-state index in [2.05, 4.69) is 283 Å². The molecule has 3 aliphatic rings. The summed E-state index contributed by atoms with van der Waals surface area (Å²) in [5.74, 6) is 0. The Kier molecular flexibility index (Phi) is 11.3. The average molecular weight is 1040 g/mol. The number of hydrogen-bond acceptors (Lipinski definition) is 4. The number of para-hydroxylation sites is 2. The minimum atomic E-state index is -0.294. The van der Waals surface area contributed by atoms with Crippen LogP contribution in [0.4, 0.5) is 0 Å². The molecule has 0 amide bonds. The van der Waals surface area contributed by atoms with Gasteiger partial charge in [0.2, 0.25) is 0 Å². The zero-order chi connectivity index (χ0) is 54.4. The Morgan fingerprint density at radius 2 is 0.667 bits per heavy atom. The average Bonchev–Trinajstić information content (AvgIpc) is 4.36. The number of aromatic nitrogens is 2. The highest BCUT2D eigenvalue weighted by Gasteiger charge is 2.38. The van der Waals surface area contributed by atoms with Crippen LogP contribution in [0.25, 0.3) is 124 Å². The number of fused-ring (bicyclic) bond motifs is 9. The molecule has 0 saturated carbocycles. The van der Waals surface area contributed by atoms with Gasteiger partial charge in [-0.15, -0.1) is 0 Å². The maximum Gasteiger partial charge on any atom is 0.130 e. The maximum absolute atomic E-state index is 5.12. The van der Waals surface area contributed by atoms with Crippen molar-refractivity contribution < 1.29 is 0 Å². The Labute approximate surface area is 472 Å². The van der Waals surface area contributed by atoms with Gasteiger partial charge in [0.25, 0.3) is 0 Å². The largest absolute Gasteiger partial charge is 0.259 e. The standard InChI is InChI=1S/C77H56N4/c1-76(2)68-43-52(48-15-7-5-8-16-48)27-35-62(68)64-37-29-56(45-70(64)76)66-41-54(26-34-59-32-24-51-20-12-14-22-73(51)81-59)67(42-53(66)25-33-58-31-23-50-19-11-13-21-72(50)80-58)57-30-38-65-63-36-28-55(44-69(63)77(3,4)71(65)46-57)61-40-39-60(49-17-9-6-10-18-49)74-75(61)79-47-78-74/h5-46H,47H2,1-4H3/b33-25+,34-26+. The third-order valence-corrected chi connectivity index (χ3v) is 17.4. The van der Waals surface area contributed by atoms with Crippen molar-refractivity contribution in [2.45, 2.75) is 38.5 Å². The molecule has 0 fully saturated rings. The lowest BCUT2D eigenvalue weighted by Crippen LogP contribution is -2.26. The first-order valence-corrected chi connectivity index (χ1v) is 28.1. The van der Waals surface area contributed by atoms with Crippen LogP contribution in [0.15, 0.2) is 241 Å². The summed E-state index contributed by atoms with van der Waals surface area (Å²) in [5.41, 5.74) is 27.5. The number of benzene rings is 10. The van der Waals surface area contributed by atoms with Crippen molar-refractivity contribution >= 4 is 46.1 Å². The molecule has 1 aliphatic heterocycles. The third kappa shape index (κ3) is 8.20. The van der Waals surface area contributed by atoms with Crippen molar-refractivity contribution in [3.05, 3.63) is 286 Å². The van der Waals surface area contributed by atoms with Crippen LogP contribution in [-0.4, -0.2) is 16.6 Å². The third-order valence-electron chi connectivity index (χ3n) is 17.4. The second-order valence-electron chi connectivity index (χ2n) is 22.9. The maximum atomic E-state index is 5.12. The van der Waals surface area contributed by atoms with Gasteiger partial charge in [-0.05, 0) is 173 Å². The summed E-state index contributed by atoms with van der Waals surface area (Å²) in [7, 11) is 0. The number of rotatable bonds is 9. The van der Waals surface area contributed by atoms with Crippen molar-refractivity contribution in [2.75, 3.05) is 6.67 Å². The van der Waals surface area contributed by atoms with E-state index in [4.69, 9.17) is 20.0 Å². The van der Waals surface area contributed by atoms with Crippen molar-refractivity contribution in [3.63, 3.8) is 0 Å². The molecule has 0 N–H and O–H groups in total. The van der Waals surface area contributed by atoms with E-state index in [1.165, 1.54) is 55.6 Å². The Balaban J connectivity index is 0.879. The molecule has 12 aromatic rings. The fourth-order valence-corrected chi connectivity index (χ4v) is 13.1. The lowest BCUT2D eigenvalue weighted by molar-refractivity contribution is 0.660. The Bertz CT molecular complexity index is 4770. The van der Waals surface area contributed by atoms with Crippen LogP contribution >= 0.6 is 0 Å². The lowest BCUT2D eigenvalue weighted by atomic mass is 9.79. The molecular formula is C77H56N4. The fourth-order valence-electron chi connectivity index (χ4n) is 13.1. The second kappa shape index (κ2) is 18.9. The Hall–Kier alpha value is -9.90. The van der Waals surface area contributed by atoms with Gasteiger partial charge in [-0.1, -0.05) is 210 Å². The molecule has 4 nitrogen and oxygen atoms in total. The van der Waals surface area contributed by atoms with E-state index < -0.39 is 0 Å². The van der Waals surface area contributed by atoms with Crippen molar-refractivity contribution in [3.8, 4) is 77.9 Å². The van der Waals surface area contributed by atoms with Crippen molar-refractivity contribution in [2.24, 2.45) is 9.98 Å². The van der Waals surface area contributed by atoms with E-state index in [9.17, 15) is 0 Å². The fraction of sp³-hybridized carbons (Fsp3) is 0.0909. The van der Waals surface area contributed by atoms with E-state index in [1.807, 2.05) is 0 Å². The first-order chi connectivity index (χ1) is 39.6. The summed E-state index contributed by atoms with van der Waals surface area (Å²) < 4.78 is 0. The highest BCUT2D eigenvalue weighted by atomic mass is 15.0. The van der Waals surface area contributed by atoms with Gasteiger partial charge in [-0.25, -0.2) is 9.97 Å². The topological polar surface area (TPSA) is 50.5 Å². The molecule has 0 bridgehead atoms. The zero-order valence-corrected chi connectivity index (χ0v) is 45.7. The predicted octanol–water partition coefficient (Wildman–Crippen LogP) is 18.3. The normalized spacial score (nSPS) is 14.2. The van der Waals surface area contributed by atoms with E-state index in [0.29, 0.717) is 6.67 Å². The molecule has 81 heavy (non-hydrogen) atoms. The van der Waals surface area contributed by atoms with Crippen molar-refractivity contribution in [1.29, 1.82) is 0 Å². The summed E-state index contributed by atoms with van der Waals surface area (Å²) in [4.78, 5) is 20.1. The SMILES string of the molecule is CC1(C)c2cc(-c3ccccc3)ccc2-c2ccc(-c3cc(/C=C/c4ccc5ccccc5n4)c(-c4ccc5c(c4)C(C)(C)c4cc(-c6ccc(-c7ccccc7)c7c6=NCN=7)ccc4-5)cc3/C=C/c3ccc4ccccc4n3)cc21. The Morgan fingerprint density at radius 1 is 0.296 bits per heavy atom. The van der Waals surface area contributed by atoms with Crippen molar-refractivity contribution in [1.82, 2.24) is 9.97 Å². The minimum Gasteiger partial charge on any atom is -0.259 e. The number of pyridine rings is 2. The quantitative estimate of drug-likeness (QED) is 0.145. The van der Waals surface area contributed by atoms with Crippen LogP contribution in [0, 0.1) is 0 Å². The predicted molar refractivity (Wildman–Crippen MR) is 337 cm³/mol. The number of hydrogen-bond donors (Lipinski definition) is 0. The van der Waals surface area contributed by atoms with Crippen LogP contribution in [0.2, 0.25) is 0 Å². The Morgan fingerprint density at radius 3 is 1.14 bits per heavy atom. The van der Waals surface area contributed by atoms with Crippen LogP contribution < -0.4 is 10.7 Å². The van der Waals surface area contributed by atoms with Crippen LogP contribution in [0.5, 0.6) is 0 Å². The van der Waals surface area contributed by atoms with E-state index >= 15 is 0 Å². The van der Waals surface area contributed by atoms with Crippen LogP contribution in [0.1, 0.15) is 72.5 Å². The molecule has 10 aromatic carbocycles. The van der Waals surface area contributed by atoms with Crippen LogP contribution in [-0.2, 0) is 10.8 Å². The van der Waals surface area contributed by atoms with Gasteiger partial charge in [0.15, 0.2) is 0 Å². The molecule has 0 spiro atoms. The van der Waals surface area contributed by atoms with Gasteiger partial charge >= 0.3 is 0 Å². The second-order valence-corrected chi connectivity index (χ2v) is 22.9. The number of nitrogens with zero attached hydrogens (tertiary/aromatic N) is 4. The van der Waals surface area contributed by atoms with E-state index in [-0.39, 0.29) is 10.8 Å². The monoisotopic (exact) mass is 1040 g/mol. The minimum absolute atomic E-state index is 0.228. The van der Waals surface area contributed by atoms with Gasteiger partial charge in [-0.3, -0.25) is 9.98 Å². The first kappa shape index (κ1) is 48.2. The lowest BCUT2D eigenvalue weighted by Gasteiger charge is -2.24.